The number of rotatable bonds is 6. The second-order valence-electron chi connectivity index (χ2n) is 6.87. The normalized spacial score (nSPS) is 27.6. The van der Waals surface area contributed by atoms with Crippen LogP contribution >= 0.6 is 12.4 Å². The van der Waals surface area contributed by atoms with E-state index in [9.17, 15) is 14.4 Å². The van der Waals surface area contributed by atoms with Crippen LogP contribution in [0.25, 0.3) is 0 Å². The first kappa shape index (κ1) is 20.7. The monoisotopic (exact) mass is 360 g/mol. The third-order valence-corrected chi connectivity index (χ3v) is 5.01. The molecule has 1 aliphatic carbocycles. The number of hydrogen-bond acceptors (Lipinski definition) is 4. The van der Waals surface area contributed by atoms with E-state index in [2.05, 4.69) is 17.6 Å². The van der Waals surface area contributed by atoms with Crippen LogP contribution in [-0.4, -0.2) is 47.4 Å². The number of urea groups is 1. The van der Waals surface area contributed by atoms with Crippen LogP contribution in [0.1, 0.15) is 52.4 Å². The van der Waals surface area contributed by atoms with Crippen LogP contribution in [0.2, 0.25) is 0 Å². The molecule has 7 nitrogen and oxygen atoms in total. The van der Waals surface area contributed by atoms with Crippen LogP contribution in [0.3, 0.4) is 0 Å². The lowest BCUT2D eigenvalue weighted by atomic mass is 9.75. The molecule has 1 atom stereocenters. The summed E-state index contributed by atoms with van der Waals surface area (Å²) in [5.41, 5.74) is 4.84. The molecule has 0 bridgehead atoms. The van der Waals surface area contributed by atoms with Crippen molar-refractivity contribution in [2.75, 3.05) is 13.1 Å². The summed E-state index contributed by atoms with van der Waals surface area (Å²) in [5, 5.41) is 5.53. The van der Waals surface area contributed by atoms with E-state index in [4.69, 9.17) is 5.73 Å². The first-order valence-electron chi connectivity index (χ1n) is 8.54. The maximum Gasteiger partial charge on any atom is 0.325 e. The lowest BCUT2D eigenvalue weighted by Gasteiger charge is -2.34. The molecule has 1 aliphatic heterocycles. The quantitative estimate of drug-likeness (QED) is 0.618. The molecule has 24 heavy (non-hydrogen) atoms. The van der Waals surface area contributed by atoms with Gasteiger partial charge in [-0.05, 0) is 44.9 Å². The Morgan fingerprint density at radius 3 is 2.58 bits per heavy atom. The Labute approximate surface area is 149 Å². The number of nitrogens with zero attached hydrogens (tertiary/aromatic N) is 1. The van der Waals surface area contributed by atoms with E-state index in [-0.39, 0.29) is 36.8 Å². The summed E-state index contributed by atoms with van der Waals surface area (Å²) < 4.78 is 0. The summed E-state index contributed by atoms with van der Waals surface area (Å²) in [6.45, 7) is 4.24. The Kier molecular flexibility index (Phi) is 7.48. The van der Waals surface area contributed by atoms with E-state index in [1.54, 1.807) is 0 Å². The second-order valence-corrected chi connectivity index (χ2v) is 6.87. The highest BCUT2D eigenvalue weighted by Gasteiger charge is 2.52. The van der Waals surface area contributed by atoms with Crippen molar-refractivity contribution in [2.45, 2.75) is 64.0 Å². The average molecular weight is 361 g/mol. The van der Waals surface area contributed by atoms with Crippen molar-refractivity contribution in [3.8, 4) is 0 Å². The standard InChI is InChI=1S/C16H28N4O3.ClH/c1-3-12-4-7-16(8-5-12)14(22)20(15(23)19-16)10-13(21)18-9-6-11(2)17;/h11-12H,3-10,17H2,1-2H3,(H,18,21)(H,19,23);1H. The van der Waals surface area contributed by atoms with Crippen molar-refractivity contribution in [1.82, 2.24) is 15.5 Å². The van der Waals surface area contributed by atoms with Crippen LogP contribution in [-0.2, 0) is 9.59 Å². The summed E-state index contributed by atoms with van der Waals surface area (Å²) in [6.07, 6.45) is 4.98. The topological polar surface area (TPSA) is 105 Å². The van der Waals surface area contributed by atoms with Crippen molar-refractivity contribution >= 4 is 30.3 Å². The van der Waals surface area contributed by atoms with Crippen molar-refractivity contribution in [2.24, 2.45) is 11.7 Å². The van der Waals surface area contributed by atoms with Crippen molar-refractivity contribution in [1.29, 1.82) is 0 Å². The lowest BCUT2D eigenvalue weighted by molar-refractivity contribution is -0.136. The zero-order chi connectivity index (χ0) is 17.0. The summed E-state index contributed by atoms with van der Waals surface area (Å²) in [4.78, 5) is 37.7. The summed E-state index contributed by atoms with van der Waals surface area (Å²) in [7, 11) is 0. The van der Waals surface area contributed by atoms with Crippen LogP contribution < -0.4 is 16.4 Å². The molecule has 4 amide bonds. The van der Waals surface area contributed by atoms with Crippen molar-refractivity contribution in [3.05, 3.63) is 0 Å². The Balaban J connectivity index is 0.00000288. The van der Waals surface area contributed by atoms with Gasteiger partial charge in [0.2, 0.25) is 5.91 Å². The van der Waals surface area contributed by atoms with Gasteiger partial charge in [-0.2, -0.15) is 0 Å². The fraction of sp³-hybridized carbons (Fsp3) is 0.812. The molecule has 138 valence electrons. The minimum absolute atomic E-state index is 0. The van der Waals surface area contributed by atoms with Crippen LogP contribution in [0.4, 0.5) is 4.79 Å². The van der Waals surface area contributed by atoms with Crippen molar-refractivity contribution in [3.63, 3.8) is 0 Å². The van der Waals surface area contributed by atoms with E-state index in [1.165, 1.54) is 0 Å². The van der Waals surface area contributed by atoms with Crippen LogP contribution in [0.5, 0.6) is 0 Å². The molecule has 0 aromatic rings. The minimum atomic E-state index is -0.783. The highest BCUT2D eigenvalue weighted by atomic mass is 35.5. The predicted molar refractivity (Wildman–Crippen MR) is 93.7 cm³/mol. The second kappa shape index (κ2) is 8.67. The number of imide groups is 1. The van der Waals surface area contributed by atoms with E-state index in [1.807, 2.05) is 6.92 Å². The van der Waals surface area contributed by atoms with Gasteiger partial charge in [0, 0.05) is 12.6 Å². The van der Waals surface area contributed by atoms with Gasteiger partial charge in [-0.25, -0.2) is 4.79 Å². The Morgan fingerprint density at radius 2 is 2.04 bits per heavy atom. The van der Waals surface area contributed by atoms with Gasteiger partial charge in [0.15, 0.2) is 0 Å². The average Bonchev–Trinajstić information content (AvgIpc) is 2.72. The van der Waals surface area contributed by atoms with Gasteiger partial charge in [-0.15, -0.1) is 12.4 Å². The number of halogens is 1. The Bertz CT molecular complexity index is 476. The van der Waals surface area contributed by atoms with Gasteiger partial charge in [-0.1, -0.05) is 13.3 Å². The molecule has 1 unspecified atom stereocenters. The summed E-state index contributed by atoms with van der Waals surface area (Å²) in [6, 6.07) is -0.448. The van der Waals surface area contributed by atoms with Gasteiger partial charge in [0.1, 0.15) is 12.1 Å². The lowest BCUT2D eigenvalue weighted by Crippen LogP contribution is -2.50. The van der Waals surface area contributed by atoms with E-state index in [0.717, 1.165) is 24.2 Å². The molecule has 1 saturated heterocycles. The Morgan fingerprint density at radius 1 is 1.42 bits per heavy atom. The highest BCUT2D eigenvalue weighted by Crippen LogP contribution is 2.37. The molecule has 0 radical (unpaired) electrons. The van der Waals surface area contributed by atoms with Gasteiger partial charge in [0.05, 0.1) is 0 Å². The SMILES string of the molecule is CCC1CCC2(CC1)NC(=O)N(CC(=O)NCCC(C)N)C2=O.Cl. The molecule has 2 fully saturated rings. The third kappa shape index (κ3) is 4.60. The number of amides is 4. The van der Waals surface area contributed by atoms with E-state index < -0.39 is 11.6 Å². The number of carbonyl (C=O) groups is 3. The molecule has 1 heterocycles. The fourth-order valence-corrected chi connectivity index (χ4v) is 3.38. The van der Waals surface area contributed by atoms with Crippen LogP contribution in [0, 0.1) is 5.92 Å². The largest absolute Gasteiger partial charge is 0.354 e. The van der Waals surface area contributed by atoms with Gasteiger partial charge < -0.3 is 16.4 Å². The maximum atomic E-state index is 12.6. The fourth-order valence-electron chi connectivity index (χ4n) is 3.38. The number of nitrogens with one attached hydrogen (secondary N) is 2. The smallest absolute Gasteiger partial charge is 0.325 e. The molecule has 2 aliphatic rings. The molecule has 4 N–H and O–H groups in total. The molecular formula is C16H29ClN4O3. The van der Waals surface area contributed by atoms with Crippen LogP contribution in [0.15, 0.2) is 0 Å². The Hall–Kier alpha value is -1.34. The molecule has 0 aromatic carbocycles. The molecule has 2 rings (SSSR count). The number of nitrogens with two attached hydrogens (primary N) is 1. The van der Waals surface area contributed by atoms with Gasteiger partial charge in [-0.3, -0.25) is 14.5 Å². The summed E-state index contributed by atoms with van der Waals surface area (Å²) >= 11 is 0. The van der Waals surface area contributed by atoms with Gasteiger partial charge in [0.25, 0.3) is 5.91 Å². The predicted octanol–water partition coefficient (Wildman–Crippen LogP) is 1.15. The van der Waals surface area contributed by atoms with E-state index >= 15 is 0 Å². The highest BCUT2D eigenvalue weighted by molar-refractivity contribution is 6.09. The van der Waals surface area contributed by atoms with Gasteiger partial charge >= 0.3 is 6.03 Å². The van der Waals surface area contributed by atoms with E-state index in [0.29, 0.717) is 31.7 Å². The van der Waals surface area contributed by atoms with Crippen molar-refractivity contribution < 1.29 is 14.4 Å². The summed E-state index contributed by atoms with van der Waals surface area (Å²) in [5.74, 6) is 0.0498. The molecule has 1 spiro atoms. The maximum absolute atomic E-state index is 12.6. The molecular weight excluding hydrogens is 332 g/mol. The first-order valence-corrected chi connectivity index (χ1v) is 8.54. The minimum Gasteiger partial charge on any atom is -0.354 e. The first-order chi connectivity index (χ1) is 10.9. The number of carbonyl (C=O) groups excluding carboxylic acids is 3. The zero-order valence-corrected chi connectivity index (χ0v) is 15.3. The third-order valence-electron chi connectivity index (χ3n) is 5.01. The zero-order valence-electron chi connectivity index (χ0n) is 14.5. The number of hydrogen-bond donors (Lipinski definition) is 3. The molecule has 8 heteroatoms. The molecule has 0 aromatic heterocycles. The molecule has 1 saturated carbocycles.